The molecule has 0 aliphatic carbocycles. The summed E-state index contributed by atoms with van der Waals surface area (Å²) in [5.41, 5.74) is 0.791. The van der Waals surface area contributed by atoms with Crippen LogP contribution in [0.5, 0.6) is 5.75 Å². The first-order chi connectivity index (χ1) is 7.79. The summed E-state index contributed by atoms with van der Waals surface area (Å²) in [6.07, 6.45) is 0.472. The standard InChI is InChI=1S/C11H13N3O2/c1-12-7-11-13-10(14-16-11)6-8-4-2-3-5-9(8)15/h2-5,12,15H,6-7H2,1H3. The van der Waals surface area contributed by atoms with Crippen molar-refractivity contribution < 1.29 is 9.63 Å². The van der Waals surface area contributed by atoms with Crippen LogP contribution in [-0.2, 0) is 13.0 Å². The Balaban J connectivity index is 2.11. The molecule has 16 heavy (non-hydrogen) atoms. The number of phenolic OH excluding ortho intramolecular Hbond substituents is 1. The smallest absolute Gasteiger partial charge is 0.240 e. The number of phenols is 1. The van der Waals surface area contributed by atoms with Crippen LogP contribution in [0.15, 0.2) is 28.8 Å². The lowest BCUT2D eigenvalue weighted by atomic mass is 10.1. The van der Waals surface area contributed by atoms with Gasteiger partial charge in [0.15, 0.2) is 5.82 Å². The second-order valence-corrected chi connectivity index (χ2v) is 3.44. The summed E-state index contributed by atoms with van der Waals surface area (Å²) in [5, 5.41) is 16.3. The van der Waals surface area contributed by atoms with Crippen molar-refractivity contribution in [3.05, 3.63) is 41.5 Å². The molecule has 0 amide bonds. The fraction of sp³-hybridized carbons (Fsp3) is 0.273. The normalized spacial score (nSPS) is 10.6. The fourth-order valence-electron chi connectivity index (χ4n) is 1.42. The molecule has 0 fully saturated rings. The molecule has 0 saturated carbocycles. The Kier molecular flexibility index (Phi) is 3.16. The van der Waals surface area contributed by atoms with Crippen molar-refractivity contribution in [3.8, 4) is 5.75 Å². The van der Waals surface area contributed by atoms with E-state index in [0.29, 0.717) is 24.7 Å². The molecule has 1 heterocycles. The highest BCUT2D eigenvalue weighted by molar-refractivity contribution is 5.33. The average Bonchev–Trinajstić information content (AvgIpc) is 2.70. The molecule has 0 unspecified atom stereocenters. The molecule has 0 atom stereocenters. The van der Waals surface area contributed by atoms with Crippen LogP contribution in [0.3, 0.4) is 0 Å². The second kappa shape index (κ2) is 4.76. The Hall–Kier alpha value is -1.88. The van der Waals surface area contributed by atoms with E-state index in [1.54, 1.807) is 12.1 Å². The minimum absolute atomic E-state index is 0.252. The van der Waals surface area contributed by atoms with Gasteiger partial charge in [-0.2, -0.15) is 4.98 Å². The van der Waals surface area contributed by atoms with Crippen LogP contribution in [-0.4, -0.2) is 22.3 Å². The van der Waals surface area contributed by atoms with Crippen LogP contribution in [0.25, 0.3) is 0 Å². The largest absolute Gasteiger partial charge is 0.508 e. The third-order valence-electron chi connectivity index (χ3n) is 2.18. The monoisotopic (exact) mass is 219 g/mol. The summed E-state index contributed by atoms with van der Waals surface area (Å²) in [6.45, 7) is 0.549. The van der Waals surface area contributed by atoms with Crippen molar-refractivity contribution in [2.24, 2.45) is 0 Å². The van der Waals surface area contributed by atoms with Crippen molar-refractivity contribution in [2.75, 3.05) is 7.05 Å². The topological polar surface area (TPSA) is 71.2 Å². The molecule has 0 saturated heterocycles. The minimum atomic E-state index is 0.252. The van der Waals surface area contributed by atoms with Crippen molar-refractivity contribution in [3.63, 3.8) is 0 Å². The quantitative estimate of drug-likeness (QED) is 0.805. The molecule has 0 aliphatic rings. The highest BCUT2D eigenvalue weighted by atomic mass is 16.5. The number of para-hydroxylation sites is 1. The third-order valence-corrected chi connectivity index (χ3v) is 2.18. The van der Waals surface area contributed by atoms with Crippen molar-refractivity contribution in [1.82, 2.24) is 15.5 Å². The van der Waals surface area contributed by atoms with Gasteiger partial charge in [0, 0.05) is 12.0 Å². The summed E-state index contributed by atoms with van der Waals surface area (Å²) in [7, 11) is 1.81. The lowest BCUT2D eigenvalue weighted by Gasteiger charge is -1.99. The number of hydrogen-bond acceptors (Lipinski definition) is 5. The SMILES string of the molecule is CNCc1nc(Cc2ccccc2O)no1. The molecule has 1 aromatic heterocycles. The maximum Gasteiger partial charge on any atom is 0.240 e. The van der Waals surface area contributed by atoms with Gasteiger partial charge < -0.3 is 14.9 Å². The van der Waals surface area contributed by atoms with E-state index in [2.05, 4.69) is 15.5 Å². The fourth-order valence-corrected chi connectivity index (χ4v) is 1.42. The van der Waals surface area contributed by atoms with E-state index in [1.807, 2.05) is 19.2 Å². The van der Waals surface area contributed by atoms with E-state index in [4.69, 9.17) is 4.52 Å². The highest BCUT2D eigenvalue weighted by Crippen LogP contribution is 2.18. The zero-order valence-electron chi connectivity index (χ0n) is 8.97. The summed E-state index contributed by atoms with van der Waals surface area (Å²) < 4.78 is 5.01. The molecule has 5 heteroatoms. The zero-order chi connectivity index (χ0) is 11.4. The molecule has 0 spiro atoms. The lowest BCUT2D eigenvalue weighted by Crippen LogP contribution is -2.05. The Labute approximate surface area is 93.1 Å². The van der Waals surface area contributed by atoms with E-state index < -0.39 is 0 Å². The predicted molar refractivity (Wildman–Crippen MR) is 58.0 cm³/mol. The first kappa shape index (κ1) is 10.6. The van der Waals surface area contributed by atoms with Gasteiger partial charge in [0.1, 0.15) is 5.75 Å². The van der Waals surface area contributed by atoms with Gasteiger partial charge in [-0.3, -0.25) is 0 Å². The summed E-state index contributed by atoms with van der Waals surface area (Å²) >= 11 is 0. The first-order valence-corrected chi connectivity index (χ1v) is 5.02. The van der Waals surface area contributed by atoms with Crippen LogP contribution in [0.2, 0.25) is 0 Å². The third kappa shape index (κ3) is 2.38. The number of nitrogens with one attached hydrogen (secondary N) is 1. The molecule has 2 rings (SSSR count). The molecule has 0 aliphatic heterocycles. The van der Waals surface area contributed by atoms with Gasteiger partial charge in [-0.05, 0) is 13.1 Å². The molecule has 0 radical (unpaired) electrons. The van der Waals surface area contributed by atoms with Crippen LogP contribution < -0.4 is 5.32 Å². The van der Waals surface area contributed by atoms with Crippen LogP contribution in [0.1, 0.15) is 17.3 Å². The van der Waals surface area contributed by atoms with E-state index in [-0.39, 0.29) is 5.75 Å². The minimum Gasteiger partial charge on any atom is -0.508 e. The molecule has 2 aromatic rings. The maximum absolute atomic E-state index is 9.58. The Morgan fingerprint density at radius 2 is 2.19 bits per heavy atom. The van der Waals surface area contributed by atoms with Gasteiger partial charge in [0.2, 0.25) is 5.89 Å². The van der Waals surface area contributed by atoms with Crippen LogP contribution in [0.4, 0.5) is 0 Å². The van der Waals surface area contributed by atoms with Gasteiger partial charge >= 0.3 is 0 Å². The summed E-state index contributed by atoms with van der Waals surface area (Å²) in [6, 6.07) is 7.12. The average molecular weight is 219 g/mol. The van der Waals surface area contributed by atoms with Gasteiger partial charge in [0.25, 0.3) is 0 Å². The summed E-state index contributed by atoms with van der Waals surface area (Å²) in [4.78, 5) is 4.18. The molecule has 84 valence electrons. The number of nitrogens with zero attached hydrogens (tertiary/aromatic N) is 2. The first-order valence-electron chi connectivity index (χ1n) is 5.02. The lowest BCUT2D eigenvalue weighted by molar-refractivity contribution is 0.367. The molecular formula is C11H13N3O2. The van der Waals surface area contributed by atoms with Crippen molar-refractivity contribution in [2.45, 2.75) is 13.0 Å². The number of aromatic hydroxyl groups is 1. The predicted octanol–water partition coefficient (Wildman–Crippen LogP) is 1.09. The van der Waals surface area contributed by atoms with Gasteiger partial charge in [-0.15, -0.1) is 0 Å². The molecule has 2 N–H and O–H groups in total. The molecule has 5 nitrogen and oxygen atoms in total. The van der Waals surface area contributed by atoms with Crippen molar-refractivity contribution in [1.29, 1.82) is 0 Å². The number of aromatic nitrogens is 2. The number of benzene rings is 1. The maximum atomic E-state index is 9.58. The second-order valence-electron chi connectivity index (χ2n) is 3.44. The van der Waals surface area contributed by atoms with Gasteiger partial charge in [-0.1, -0.05) is 23.4 Å². The van der Waals surface area contributed by atoms with Crippen LogP contribution >= 0.6 is 0 Å². The highest BCUT2D eigenvalue weighted by Gasteiger charge is 2.08. The van der Waals surface area contributed by atoms with Crippen LogP contribution in [0, 0.1) is 0 Å². The molecule has 0 bridgehead atoms. The number of rotatable bonds is 4. The van der Waals surface area contributed by atoms with Gasteiger partial charge in [0.05, 0.1) is 6.54 Å². The Morgan fingerprint density at radius 1 is 1.38 bits per heavy atom. The Morgan fingerprint density at radius 3 is 2.94 bits per heavy atom. The zero-order valence-corrected chi connectivity index (χ0v) is 8.97. The van der Waals surface area contributed by atoms with Crippen molar-refractivity contribution >= 4 is 0 Å². The van der Waals surface area contributed by atoms with E-state index >= 15 is 0 Å². The molecule has 1 aromatic carbocycles. The Bertz CT molecular complexity index is 468. The molecular weight excluding hydrogens is 206 g/mol. The van der Waals surface area contributed by atoms with Gasteiger partial charge in [-0.25, -0.2) is 0 Å². The van der Waals surface area contributed by atoms with E-state index in [1.165, 1.54) is 0 Å². The number of hydrogen-bond donors (Lipinski definition) is 2. The van der Waals surface area contributed by atoms with E-state index in [9.17, 15) is 5.11 Å². The summed E-state index contributed by atoms with van der Waals surface area (Å²) in [5.74, 6) is 1.38. The van der Waals surface area contributed by atoms with E-state index in [0.717, 1.165) is 5.56 Å².